The SMILES string of the molecule is CCOc1cc(OCCN2CCCC2)c2c(=O)[nH]cnc2c1. The maximum atomic E-state index is 12.1. The van der Waals surface area contributed by atoms with Gasteiger partial charge in [-0.2, -0.15) is 0 Å². The largest absolute Gasteiger partial charge is 0.494 e. The molecule has 1 aromatic carbocycles. The molecule has 2 aromatic rings. The summed E-state index contributed by atoms with van der Waals surface area (Å²) < 4.78 is 11.4. The molecule has 0 saturated carbocycles. The van der Waals surface area contributed by atoms with Crippen molar-refractivity contribution in [3.8, 4) is 11.5 Å². The summed E-state index contributed by atoms with van der Waals surface area (Å²) in [6.07, 6.45) is 3.91. The lowest BCUT2D eigenvalue weighted by Gasteiger charge is -2.16. The number of likely N-dealkylation sites (tertiary alicyclic amines) is 1. The molecule has 118 valence electrons. The van der Waals surface area contributed by atoms with Gasteiger partial charge in [0.1, 0.15) is 23.5 Å². The Morgan fingerprint density at radius 1 is 1.27 bits per heavy atom. The van der Waals surface area contributed by atoms with Crippen LogP contribution in [0.3, 0.4) is 0 Å². The van der Waals surface area contributed by atoms with E-state index in [1.165, 1.54) is 19.2 Å². The van der Waals surface area contributed by atoms with Crippen LogP contribution in [-0.2, 0) is 0 Å². The van der Waals surface area contributed by atoms with Crippen LogP contribution in [0.15, 0.2) is 23.3 Å². The number of ether oxygens (including phenoxy) is 2. The Bertz CT molecular complexity index is 693. The highest BCUT2D eigenvalue weighted by atomic mass is 16.5. The average Bonchev–Trinajstić information content (AvgIpc) is 3.01. The number of nitrogens with zero attached hydrogens (tertiary/aromatic N) is 2. The molecule has 0 amide bonds. The molecule has 6 heteroatoms. The number of rotatable bonds is 6. The predicted molar refractivity (Wildman–Crippen MR) is 84.7 cm³/mol. The van der Waals surface area contributed by atoms with Crippen LogP contribution in [0.1, 0.15) is 19.8 Å². The zero-order valence-electron chi connectivity index (χ0n) is 12.8. The summed E-state index contributed by atoms with van der Waals surface area (Å²) in [5.41, 5.74) is 0.398. The minimum atomic E-state index is -0.191. The third-order valence-corrected chi connectivity index (χ3v) is 3.86. The summed E-state index contributed by atoms with van der Waals surface area (Å²) in [6.45, 7) is 6.17. The molecule has 0 radical (unpaired) electrons. The average molecular weight is 303 g/mol. The molecule has 0 atom stereocenters. The van der Waals surface area contributed by atoms with Crippen LogP contribution in [0.2, 0.25) is 0 Å². The van der Waals surface area contributed by atoms with Crippen molar-refractivity contribution in [2.75, 3.05) is 32.8 Å². The van der Waals surface area contributed by atoms with Crippen LogP contribution in [-0.4, -0.2) is 47.7 Å². The minimum Gasteiger partial charge on any atom is -0.494 e. The molecule has 1 aliphatic heterocycles. The molecule has 1 fully saturated rings. The molecule has 1 saturated heterocycles. The molecular formula is C16H21N3O3. The number of nitrogens with one attached hydrogen (secondary N) is 1. The van der Waals surface area contributed by atoms with Crippen LogP contribution in [0.25, 0.3) is 10.9 Å². The fourth-order valence-corrected chi connectivity index (χ4v) is 2.79. The number of hydrogen-bond acceptors (Lipinski definition) is 5. The van der Waals surface area contributed by atoms with Crippen molar-refractivity contribution in [3.05, 3.63) is 28.8 Å². The van der Waals surface area contributed by atoms with Gasteiger partial charge in [-0.25, -0.2) is 4.98 Å². The van der Waals surface area contributed by atoms with Gasteiger partial charge in [0.25, 0.3) is 5.56 Å². The van der Waals surface area contributed by atoms with Gasteiger partial charge < -0.3 is 14.5 Å². The van der Waals surface area contributed by atoms with Gasteiger partial charge in [-0.3, -0.25) is 9.69 Å². The summed E-state index contributed by atoms with van der Waals surface area (Å²) in [5, 5.41) is 0.479. The first kappa shape index (κ1) is 14.8. The number of H-pyrrole nitrogens is 1. The molecule has 1 N–H and O–H groups in total. The summed E-state index contributed by atoms with van der Waals surface area (Å²) >= 11 is 0. The van der Waals surface area contributed by atoms with Crippen LogP contribution >= 0.6 is 0 Å². The van der Waals surface area contributed by atoms with Crippen LogP contribution in [0.4, 0.5) is 0 Å². The Hall–Kier alpha value is -2.08. The number of benzene rings is 1. The Labute approximate surface area is 129 Å². The van der Waals surface area contributed by atoms with Crippen LogP contribution in [0.5, 0.6) is 11.5 Å². The Morgan fingerprint density at radius 3 is 2.86 bits per heavy atom. The van der Waals surface area contributed by atoms with Gasteiger partial charge >= 0.3 is 0 Å². The molecule has 0 bridgehead atoms. The molecule has 0 unspecified atom stereocenters. The monoisotopic (exact) mass is 303 g/mol. The lowest BCUT2D eigenvalue weighted by Crippen LogP contribution is -2.25. The first-order valence-corrected chi connectivity index (χ1v) is 7.77. The highest BCUT2D eigenvalue weighted by molar-refractivity contribution is 5.85. The van der Waals surface area contributed by atoms with Crippen molar-refractivity contribution in [3.63, 3.8) is 0 Å². The van der Waals surface area contributed by atoms with E-state index in [-0.39, 0.29) is 5.56 Å². The molecule has 1 aliphatic rings. The molecule has 6 nitrogen and oxygen atoms in total. The highest BCUT2D eigenvalue weighted by Crippen LogP contribution is 2.27. The van der Waals surface area contributed by atoms with Gasteiger partial charge in [-0.05, 0) is 32.9 Å². The van der Waals surface area contributed by atoms with Crippen molar-refractivity contribution >= 4 is 10.9 Å². The van der Waals surface area contributed by atoms with Crippen molar-refractivity contribution in [1.82, 2.24) is 14.9 Å². The third kappa shape index (κ3) is 3.22. The zero-order valence-corrected chi connectivity index (χ0v) is 12.8. The third-order valence-electron chi connectivity index (χ3n) is 3.86. The Morgan fingerprint density at radius 2 is 2.09 bits per heavy atom. The molecule has 2 heterocycles. The second kappa shape index (κ2) is 6.79. The molecule has 0 aliphatic carbocycles. The normalized spacial score (nSPS) is 15.3. The number of aromatic nitrogens is 2. The minimum absolute atomic E-state index is 0.191. The number of fused-ring (bicyclic) bond motifs is 1. The quantitative estimate of drug-likeness (QED) is 0.881. The van der Waals surface area contributed by atoms with E-state index in [9.17, 15) is 4.79 Å². The predicted octanol–water partition coefficient (Wildman–Crippen LogP) is 1.80. The lowest BCUT2D eigenvalue weighted by atomic mass is 10.2. The second-order valence-electron chi connectivity index (χ2n) is 5.38. The number of aromatic amines is 1. The zero-order chi connectivity index (χ0) is 15.4. The van der Waals surface area contributed by atoms with Gasteiger partial charge in [0.05, 0.1) is 18.5 Å². The lowest BCUT2D eigenvalue weighted by molar-refractivity contribution is 0.238. The fraction of sp³-hybridized carbons (Fsp3) is 0.500. The summed E-state index contributed by atoms with van der Waals surface area (Å²) in [5.74, 6) is 1.21. The topological polar surface area (TPSA) is 67.5 Å². The van der Waals surface area contributed by atoms with Crippen LogP contribution in [0, 0.1) is 0 Å². The second-order valence-corrected chi connectivity index (χ2v) is 5.38. The van der Waals surface area contributed by atoms with E-state index in [1.54, 1.807) is 12.1 Å². The highest BCUT2D eigenvalue weighted by Gasteiger charge is 2.13. The molecule has 22 heavy (non-hydrogen) atoms. The molecule has 3 rings (SSSR count). The fourth-order valence-electron chi connectivity index (χ4n) is 2.79. The first-order chi connectivity index (χ1) is 10.8. The van der Waals surface area contributed by atoms with Gasteiger partial charge in [0, 0.05) is 18.7 Å². The molecule has 1 aromatic heterocycles. The van der Waals surface area contributed by atoms with Crippen molar-refractivity contribution < 1.29 is 9.47 Å². The van der Waals surface area contributed by atoms with Crippen LogP contribution < -0.4 is 15.0 Å². The van der Waals surface area contributed by atoms with E-state index in [1.807, 2.05) is 6.92 Å². The molecule has 0 spiro atoms. The van der Waals surface area contributed by atoms with E-state index in [0.717, 1.165) is 19.6 Å². The van der Waals surface area contributed by atoms with E-state index in [0.29, 0.717) is 35.6 Å². The Kier molecular flexibility index (Phi) is 4.58. The first-order valence-electron chi connectivity index (χ1n) is 7.77. The van der Waals surface area contributed by atoms with Crippen molar-refractivity contribution in [1.29, 1.82) is 0 Å². The standard InChI is InChI=1S/C16H21N3O3/c1-2-21-12-9-13-15(16(20)18-11-17-13)14(10-12)22-8-7-19-5-3-4-6-19/h9-11H,2-8H2,1H3,(H,17,18,20). The van der Waals surface area contributed by atoms with Crippen molar-refractivity contribution in [2.24, 2.45) is 0 Å². The smallest absolute Gasteiger partial charge is 0.262 e. The van der Waals surface area contributed by atoms with Gasteiger partial charge in [0.15, 0.2) is 0 Å². The van der Waals surface area contributed by atoms with E-state index >= 15 is 0 Å². The number of hydrogen-bond donors (Lipinski definition) is 1. The van der Waals surface area contributed by atoms with E-state index in [4.69, 9.17) is 9.47 Å². The maximum absolute atomic E-state index is 12.1. The van der Waals surface area contributed by atoms with Gasteiger partial charge in [-0.15, -0.1) is 0 Å². The summed E-state index contributed by atoms with van der Waals surface area (Å²) in [7, 11) is 0. The van der Waals surface area contributed by atoms with E-state index < -0.39 is 0 Å². The Balaban J connectivity index is 1.83. The molecular weight excluding hydrogens is 282 g/mol. The van der Waals surface area contributed by atoms with Gasteiger partial charge in [-0.1, -0.05) is 0 Å². The van der Waals surface area contributed by atoms with Gasteiger partial charge in [0.2, 0.25) is 0 Å². The maximum Gasteiger partial charge on any atom is 0.262 e. The van der Waals surface area contributed by atoms with E-state index in [2.05, 4.69) is 14.9 Å². The van der Waals surface area contributed by atoms with Crippen molar-refractivity contribution in [2.45, 2.75) is 19.8 Å². The summed E-state index contributed by atoms with van der Waals surface area (Å²) in [6, 6.07) is 3.54. The summed E-state index contributed by atoms with van der Waals surface area (Å²) in [4.78, 5) is 21.2.